The van der Waals surface area contributed by atoms with Crippen LogP contribution in [0.25, 0.3) is 11.1 Å². The summed E-state index contributed by atoms with van der Waals surface area (Å²) in [5.74, 6) is 0.947. The van der Waals surface area contributed by atoms with E-state index in [1.807, 2.05) is 24.3 Å². The first kappa shape index (κ1) is 14.1. The van der Waals surface area contributed by atoms with Crippen molar-refractivity contribution in [3.05, 3.63) is 30.2 Å². The van der Waals surface area contributed by atoms with Gasteiger partial charge in [0.05, 0.1) is 5.92 Å². The summed E-state index contributed by atoms with van der Waals surface area (Å²) in [6.07, 6.45) is 2.71. The third kappa shape index (κ3) is 3.42. The number of hydrogen-bond acceptors (Lipinski definition) is 4. The van der Waals surface area contributed by atoms with E-state index in [0.717, 1.165) is 37.0 Å². The van der Waals surface area contributed by atoms with E-state index in [1.165, 1.54) is 0 Å². The van der Waals surface area contributed by atoms with E-state index in [1.54, 1.807) is 0 Å². The number of carbonyl (C=O) groups excluding carboxylic acids is 1. The van der Waals surface area contributed by atoms with Crippen LogP contribution in [0.15, 0.2) is 28.7 Å². The molecule has 1 atom stereocenters. The highest BCUT2D eigenvalue weighted by Gasteiger charge is 2.23. The van der Waals surface area contributed by atoms with Crippen molar-refractivity contribution in [3.63, 3.8) is 0 Å². The minimum Gasteiger partial charge on any atom is -0.441 e. The molecule has 1 amide bonds. The molecule has 112 valence electrons. The number of piperidine rings is 1. The Morgan fingerprint density at radius 3 is 3.14 bits per heavy atom. The van der Waals surface area contributed by atoms with Crippen molar-refractivity contribution in [2.45, 2.75) is 19.3 Å². The minimum atomic E-state index is 0.118. The molecule has 2 heterocycles. The topological polar surface area (TPSA) is 58.4 Å². The Labute approximate surface area is 124 Å². The predicted octanol–water partition coefficient (Wildman–Crippen LogP) is 1.83. The first-order valence-corrected chi connectivity index (χ1v) is 7.53. The van der Waals surface area contributed by atoms with Crippen LogP contribution >= 0.6 is 0 Å². The van der Waals surface area contributed by atoms with Crippen LogP contribution in [0.4, 0.5) is 0 Å². The molecule has 3 rings (SSSR count). The number of nitrogens with zero attached hydrogens (tertiary/aromatic N) is 2. The van der Waals surface area contributed by atoms with Crippen molar-refractivity contribution in [2.24, 2.45) is 5.92 Å². The summed E-state index contributed by atoms with van der Waals surface area (Å²) in [4.78, 5) is 18.7. The summed E-state index contributed by atoms with van der Waals surface area (Å²) in [5, 5.41) is 3.00. The Kier molecular flexibility index (Phi) is 4.20. The first-order valence-electron chi connectivity index (χ1n) is 7.53. The van der Waals surface area contributed by atoms with Crippen LogP contribution in [-0.2, 0) is 11.2 Å². The highest BCUT2D eigenvalue weighted by molar-refractivity contribution is 5.79. The Morgan fingerprint density at radius 2 is 2.33 bits per heavy atom. The van der Waals surface area contributed by atoms with E-state index in [2.05, 4.69) is 22.2 Å². The number of oxazole rings is 1. The fourth-order valence-corrected chi connectivity index (χ4v) is 2.84. The molecular weight excluding hydrogens is 266 g/mol. The molecule has 1 N–H and O–H groups in total. The number of likely N-dealkylation sites (tertiary alicyclic amines) is 1. The Bertz CT molecular complexity index is 590. The Morgan fingerprint density at radius 1 is 1.48 bits per heavy atom. The second-order valence-electron chi connectivity index (χ2n) is 5.72. The van der Waals surface area contributed by atoms with Crippen molar-refractivity contribution in [1.82, 2.24) is 15.2 Å². The second kappa shape index (κ2) is 6.26. The van der Waals surface area contributed by atoms with Gasteiger partial charge in [-0.25, -0.2) is 4.98 Å². The number of benzene rings is 1. The van der Waals surface area contributed by atoms with Gasteiger partial charge in [-0.1, -0.05) is 12.1 Å². The summed E-state index contributed by atoms with van der Waals surface area (Å²) in [7, 11) is 2.07. The number of fused-ring (bicyclic) bond motifs is 1. The van der Waals surface area contributed by atoms with Gasteiger partial charge in [0.25, 0.3) is 0 Å². The Hall–Kier alpha value is -1.88. The van der Waals surface area contributed by atoms with Gasteiger partial charge in [-0.05, 0) is 38.6 Å². The van der Waals surface area contributed by atoms with Crippen LogP contribution in [-0.4, -0.2) is 42.5 Å². The van der Waals surface area contributed by atoms with Crippen LogP contribution in [0.2, 0.25) is 0 Å². The van der Waals surface area contributed by atoms with Crippen LogP contribution in [0.1, 0.15) is 18.7 Å². The predicted molar refractivity (Wildman–Crippen MR) is 80.9 cm³/mol. The molecule has 0 saturated carbocycles. The zero-order valence-corrected chi connectivity index (χ0v) is 12.3. The number of aromatic nitrogens is 1. The smallest absolute Gasteiger partial charge is 0.224 e. The van der Waals surface area contributed by atoms with Gasteiger partial charge in [-0.2, -0.15) is 0 Å². The lowest BCUT2D eigenvalue weighted by molar-refractivity contribution is -0.126. The van der Waals surface area contributed by atoms with Gasteiger partial charge in [0.15, 0.2) is 11.5 Å². The minimum absolute atomic E-state index is 0.118. The molecule has 1 fully saturated rings. The fraction of sp³-hybridized carbons (Fsp3) is 0.500. The van der Waals surface area contributed by atoms with Crippen LogP contribution in [0, 0.1) is 5.92 Å². The monoisotopic (exact) mass is 287 g/mol. The maximum atomic E-state index is 12.1. The molecule has 21 heavy (non-hydrogen) atoms. The zero-order valence-electron chi connectivity index (χ0n) is 12.3. The highest BCUT2D eigenvalue weighted by Crippen LogP contribution is 2.16. The Balaban J connectivity index is 1.50. The third-order valence-electron chi connectivity index (χ3n) is 3.97. The van der Waals surface area contributed by atoms with Crippen LogP contribution < -0.4 is 5.32 Å². The molecule has 0 bridgehead atoms. The number of para-hydroxylation sites is 2. The van der Waals surface area contributed by atoms with Crippen LogP contribution in [0.5, 0.6) is 0 Å². The molecule has 0 spiro atoms. The average Bonchev–Trinajstić information content (AvgIpc) is 2.89. The van der Waals surface area contributed by atoms with Gasteiger partial charge in [0.1, 0.15) is 5.52 Å². The number of carbonyl (C=O) groups is 1. The average molecular weight is 287 g/mol. The summed E-state index contributed by atoms with van der Waals surface area (Å²) in [6.45, 7) is 2.52. The maximum Gasteiger partial charge on any atom is 0.224 e. The van der Waals surface area contributed by atoms with E-state index in [4.69, 9.17) is 4.42 Å². The van der Waals surface area contributed by atoms with Gasteiger partial charge in [-0.3, -0.25) is 4.79 Å². The first-order chi connectivity index (χ1) is 10.2. The number of nitrogens with one attached hydrogen (secondary N) is 1. The second-order valence-corrected chi connectivity index (χ2v) is 5.72. The van der Waals surface area contributed by atoms with Crippen molar-refractivity contribution in [3.8, 4) is 0 Å². The molecule has 1 aromatic heterocycles. The molecule has 0 aliphatic carbocycles. The molecule has 0 radical (unpaired) electrons. The normalized spacial score (nSPS) is 19.8. The maximum absolute atomic E-state index is 12.1. The van der Waals surface area contributed by atoms with E-state index in [0.29, 0.717) is 18.9 Å². The van der Waals surface area contributed by atoms with Crippen molar-refractivity contribution < 1.29 is 9.21 Å². The van der Waals surface area contributed by atoms with Crippen molar-refractivity contribution >= 4 is 17.0 Å². The van der Waals surface area contributed by atoms with Crippen molar-refractivity contribution in [2.75, 3.05) is 26.7 Å². The molecule has 1 aromatic carbocycles. The molecule has 5 heteroatoms. The molecular formula is C16H21N3O2. The zero-order chi connectivity index (χ0) is 14.7. The van der Waals surface area contributed by atoms with E-state index in [9.17, 15) is 4.79 Å². The fourth-order valence-electron chi connectivity index (χ4n) is 2.84. The SMILES string of the molecule is CN1CCCC(C(=O)NCCc2nc3ccccc3o2)C1. The summed E-state index contributed by atoms with van der Waals surface area (Å²) in [5.41, 5.74) is 1.67. The highest BCUT2D eigenvalue weighted by atomic mass is 16.3. The largest absolute Gasteiger partial charge is 0.441 e. The lowest BCUT2D eigenvalue weighted by Crippen LogP contribution is -2.41. The van der Waals surface area contributed by atoms with E-state index >= 15 is 0 Å². The van der Waals surface area contributed by atoms with Crippen molar-refractivity contribution in [1.29, 1.82) is 0 Å². The van der Waals surface area contributed by atoms with E-state index in [-0.39, 0.29) is 11.8 Å². The lowest BCUT2D eigenvalue weighted by atomic mass is 9.97. The van der Waals surface area contributed by atoms with Gasteiger partial charge >= 0.3 is 0 Å². The summed E-state index contributed by atoms with van der Waals surface area (Å²) in [6, 6.07) is 7.70. The third-order valence-corrected chi connectivity index (χ3v) is 3.97. The molecule has 1 aliphatic rings. The molecule has 2 aromatic rings. The molecule has 1 unspecified atom stereocenters. The van der Waals surface area contributed by atoms with Gasteiger partial charge in [0, 0.05) is 19.5 Å². The van der Waals surface area contributed by atoms with Crippen LogP contribution in [0.3, 0.4) is 0 Å². The van der Waals surface area contributed by atoms with Gasteiger partial charge < -0.3 is 14.6 Å². The summed E-state index contributed by atoms with van der Waals surface area (Å²) < 4.78 is 5.64. The molecule has 1 aliphatic heterocycles. The quantitative estimate of drug-likeness (QED) is 0.932. The number of rotatable bonds is 4. The standard InChI is InChI=1S/C16H21N3O2/c1-19-10-4-5-12(11-19)16(20)17-9-8-15-18-13-6-2-3-7-14(13)21-15/h2-3,6-7,12H,4-5,8-11H2,1H3,(H,17,20). The summed E-state index contributed by atoms with van der Waals surface area (Å²) >= 11 is 0. The molecule has 1 saturated heterocycles. The lowest BCUT2D eigenvalue weighted by Gasteiger charge is -2.28. The van der Waals surface area contributed by atoms with Gasteiger partial charge in [0.2, 0.25) is 5.91 Å². The number of hydrogen-bond donors (Lipinski definition) is 1. The molecule has 5 nitrogen and oxygen atoms in total. The van der Waals surface area contributed by atoms with Gasteiger partial charge in [-0.15, -0.1) is 0 Å². The number of amides is 1. The van der Waals surface area contributed by atoms with E-state index < -0.39 is 0 Å².